The predicted molar refractivity (Wildman–Crippen MR) is 149 cm³/mol. The number of carbonyl (C=O) groups excluding carboxylic acids is 3. The molecule has 0 aliphatic carbocycles. The summed E-state index contributed by atoms with van der Waals surface area (Å²) >= 11 is 1.58. The number of carbonyl (C=O) groups is 4. The van der Waals surface area contributed by atoms with Gasteiger partial charge in [0.25, 0.3) is 0 Å². The van der Waals surface area contributed by atoms with Crippen molar-refractivity contribution in [3.8, 4) is 5.75 Å². The minimum atomic E-state index is -1.24. The number of nitrogens with zero attached hydrogens (tertiary/aromatic N) is 2. The van der Waals surface area contributed by atoms with E-state index in [0.717, 1.165) is 0 Å². The van der Waals surface area contributed by atoms with Crippen molar-refractivity contribution in [2.45, 2.75) is 62.7 Å². The number of likely N-dealkylation sites (tertiary alicyclic amines) is 1. The zero-order chi connectivity index (χ0) is 28.9. The number of hydrogen-bond donors (Lipinski definition) is 7. The van der Waals surface area contributed by atoms with Gasteiger partial charge in [0.2, 0.25) is 17.7 Å². The summed E-state index contributed by atoms with van der Waals surface area (Å²) in [6.07, 6.45) is 3.84. The van der Waals surface area contributed by atoms with Crippen LogP contribution in [0, 0.1) is 0 Å². The number of benzene rings is 1. The lowest BCUT2D eigenvalue weighted by Gasteiger charge is -2.28. The number of hydrogen-bond acceptors (Lipinski definition) is 8. The third-order valence-electron chi connectivity index (χ3n) is 6.36. The van der Waals surface area contributed by atoms with Crippen LogP contribution in [0.5, 0.6) is 5.75 Å². The number of amides is 3. The van der Waals surface area contributed by atoms with E-state index < -0.39 is 42.0 Å². The van der Waals surface area contributed by atoms with E-state index in [1.165, 1.54) is 17.0 Å². The lowest BCUT2D eigenvalue weighted by atomic mass is 10.0. The number of rotatable bonds is 15. The largest absolute Gasteiger partial charge is 0.508 e. The maximum atomic E-state index is 13.3. The maximum Gasteiger partial charge on any atom is 0.326 e. The molecule has 39 heavy (non-hydrogen) atoms. The van der Waals surface area contributed by atoms with Gasteiger partial charge in [-0.1, -0.05) is 12.1 Å². The van der Waals surface area contributed by atoms with Crippen molar-refractivity contribution < 1.29 is 29.4 Å². The fourth-order valence-corrected chi connectivity index (χ4v) is 4.75. The fourth-order valence-electron chi connectivity index (χ4n) is 4.26. The van der Waals surface area contributed by atoms with Crippen LogP contribution >= 0.6 is 11.8 Å². The highest BCUT2D eigenvalue weighted by molar-refractivity contribution is 7.98. The van der Waals surface area contributed by atoms with Gasteiger partial charge >= 0.3 is 5.97 Å². The SMILES string of the molecule is CSCCC(N)C(=O)N1CCCC1C(=O)NC(Cc1ccc(O)cc1)C(=O)NC(CCCN=C(N)N)C(=O)O. The quantitative estimate of drug-likeness (QED) is 0.0788. The van der Waals surface area contributed by atoms with Crippen LogP contribution in [0.4, 0.5) is 0 Å². The van der Waals surface area contributed by atoms with Crippen LogP contribution in [0.25, 0.3) is 0 Å². The number of aromatic hydroxyl groups is 1. The molecule has 0 aromatic heterocycles. The summed E-state index contributed by atoms with van der Waals surface area (Å²) in [5.74, 6) is -2.14. The van der Waals surface area contributed by atoms with Gasteiger partial charge in [0.15, 0.2) is 5.96 Å². The number of aliphatic carboxylic acids is 1. The summed E-state index contributed by atoms with van der Waals surface area (Å²) in [7, 11) is 0. The molecule has 0 saturated carbocycles. The van der Waals surface area contributed by atoms with Crippen molar-refractivity contribution >= 4 is 41.4 Å². The number of aliphatic imine (C=N–C) groups is 1. The molecule has 1 saturated heterocycles. The van der Waals surface area contributed by atoms with E-state index >= 15 is 0 Å². The van der Waals surface area contributed by atoms with E-state index in [0.29, 0.717) is 43.5 Å². The van der Waals surface area contributed by atoms with Crippen molar-refractivity contribution in [2.24, 2.45) is 22.2 Å². The average Bonchev–Trinajstić information content (AvgIpc) is 3.39. The zero-order valence-electron chi connectivity index (χ0n) is 22.0. The van der Waals surface area contributed by atoms with Crippen LogP contribution < -0.4 is 27.8 Å². The smallest absolute Gasteiger partial charge is 0.326 e. The lowest BCUT2D eigenvalue weighted by Crippen LogP contribution is -2.57. The molecule has 1 aromatic carbocycles. The standard InChI is InChI=1S/C25H39N7O6S/c1-39-13-10-17(26)23(36)32-12-3-5-20(32)22(35)31-19(14-15-6-8-16(33)9-7-15)21(34)30-18(24(37)38)4-2-11-29-25(27)28/h6-9,17-20,33H,2-5,10-14,26H2,1H3,(H,30,34)(H,31,35)(H,37,38)(H4,27,28,29). The Morgan fingerprint density at radius 3 is 2.44 bits per heavy atom. The molecule has 1 aromatic rings. The Bertz CT molecular complexity index is 1020. The molecule has 0 spiro atoms. The summed E-state index contributed by atoms with van der Waals surface area (Å²) in [5.41, 5.74) is 17.3. The molecule has 13 nitrogen and oxygen atoms in total. The van der Waals surface area contributed by atoms with Gasteiger partial charge < -0.3 is 42.9 Å². The Morgan fingerprint density at radius 2 is 1.82 bits per heavy atom. The third-order valence-corrected chi connectivity index (χ3v) is 7.00. The van der Waals surface area contributed by atoms with Crippen molar-refractivity contribution in [3.63, 3.8) is 0 Å². The molecule has 0 radical (unpaired) electrons. The first-order valence-electron chi connectivity index (χ1n) is 12.7. The molecule has 10 N–H and O–H groups in total. The van der Waals surface area contributed by atoms with Crippen LogP contribution in [0.1, 0.15) is 37.7 Å². The first kappa shape index (κ1) is 31.7. The normalized spacial score (nSPS) is 17.1. The second-order valence-corrected chi connectivity index (χ2v) is 10.3. The topological polar surface area (TPSA) is 226 Å². The number of guanidine groups is 1. The summed E-state index contributed by atoms with van der Waals surface area (Å²) in [6.45, 7) is 0.579. The zero-order valence-corrected chi connectivity index (χ0v) is 22.9. The lowest BCUT2D eigenvalue weighted by molar-refractivity contribution is -0.143. The maximum absolute atomic E-state index is 13.3. The van der Waals surface area contributed by atoms with E-state index in [9.17, 15) is 29.4 Å². The number of nitrogens with two attached hydrogens (primary N) is 3. The van der Waals surface area contributed by atoms with Crippen molar-refractivity contribution in [1.29, 1.82) is 0 Å². The second kappa shape index (κ2) is 15.8. The predicted octanol–water partition coefficient (Wildman–Crippen LogP) is -0.886. The molecule has 3 amide bonds. The van der Waals surface area contributed by atoms with E-state index in [1.807, 2.05) is 6.26 Å². The molecular formula is C25H39N7O6S. The molecule has 2 rings (SSSR count). The molecule has 0 bridgehead atoms. The Hall–Kier alpha value is -3.52. The van der Waals surface area contributed by atoms with Crippen LogP contribution in [-0.2, 0) is 25.6 Å². The number of phenols is 1. The van der Waals surface area contributed by atoms with Crippen LogP contribution in [-0.4, -0.2) is 94.0 Å². The molecule has 4 atom stereocenters. The van der Waals surface area contributed by atoms with Gasteiger partial charge in [-0.05, 0) is 61.8 Å². The van der Waals surface area contributed by atoms with Gasteiger partial charge in [-0.3, -0.25) is 19.4 Å². The molecule has 4 unspecified atom stereocenters. The van der Waals surface area contributed by atoms with Crippen LogP contribution in [0.3, 0.4) is 0 Å². The van der Waals surface area contributed by atoms with Crippen molar-refractivity contribution in [2.75, 3.05) is 25.1 Å². The van der Waals surface area contributed by atoms with Gasteiger partial charge in [-0.25, -0.2) is 4.79 Å². The molecular weight excluding hydrogens is 526 g/mol. The first-order chi connectivity index (χ1) is 18.5. The summed E-state index contributed by atoms with van der Waals surface area (Å²) in [4.78, 5) is 56.6. The number of nitrogens with one attached hydrogen (secondary N) is 2. The summed E-state index contributed by atoms with van der Waals surface area (Å²) < 4.78 is 0. The number of thioether (sulfide) groups is 1. The van der Waals surface area contributed by atoms with Gasteiger partial charge in [-0.2, -0.15) is 11.8 Å². The van der Waals surface area contributed by atoms with Crippen LogP contribution in [0.2, 0.25) is 0 Å². The molecule has 1 aliphatic rings. The monoisotopic (exact) mass is 565 g/mol. The number of carboxylic acid groups (broad SMARTS) is 1. The summed E-state index contributed by atoms with van der Waals surface area (Å²) in [5, 5.41) is 24.4. The van der Waals surface area contributed by atoms with E-state index in [2.05, 4.69) is 15.6 Å². The van der Waals surface area contributed by atoms with Gasteiger partial charge in [-0.15, -0.1) is 0 Å². The highest BCUT2D eigenvalue weighted by Crippen LogP contribution is 2.20. The van der Waals surface area contributed by atoms with E-state index in [1.54, 1.807) is 23.9 Å². The van der Waals surface area contributed by atoms with Gasteiger partial charge in [0.1, 0.15) is 23.9 Å². The Labute approximate surface area is 231 Å². The third kappa shape index (κ3) is 10.3. The summed E-state index contributed by atoms with van der Waals surface area (Å²) in [6, 6.07) is 2.21. The van der Waals surface area contributed by atoms with Crippen molar-refractivity contribution in [1.82, 2.24) is 15.5 Å². The fraction of sp³-hybridized carbons (Fsp3) is 0.560. The van der Waals surface area contributed by atoms with Gasteiger partial charge in [0.05, 0.1) is 6.04 Å². The highest BCUT2D eigenvalue weighted by atomic mass is 32.2. The van der Waals surface area contributed by atoms with E-state index in [4.69, 9.17) is 17.2 Å². The minimum absolute atomic E-state index is 0.0338. The minimum Gasteiger partial charge on any atom is -0.508 e. The van der Waals surface area contributed by atoms with Crippen LogP contribution in [0.15, 0.2) is 29.3 Å². The molecule has 1 fully saturated rings. The first-order valence-corrected chi connectivity index (χ1v) is 14.1. The van der Waals surface area contributed by atoms with Gasteiger partial charge in [0, 0.05) is 19.5 Å². The Kier molecular flexibility index (Phi) is 12.8. The molecule has 1 aliphatic heterocycles. The Balaban J connectivity index is 2.17. The van der Waals surface area contributed by atoms with E-state index in [-0.39, 0.29) is 37.0 Å². The molecule has 216 valence electrons. The Morgan fingerprint density at radius 1 is 1.13 bits per heavy atom. The van der Waals surface area contributed by atoms with Crippen molar-refractivity contribution in [3.05, 3.63) is 29.8 Å². The number of phenolic OH excluding ortho intramolecular Hbond substituents is 1. The second-order valence-electron chi connectivity index (χ2n) is 9.36. The average molecular weight is 566 g/mol. The molecule has 14 heteroatoms. The highest BCUT2D eigenvalue weighted by Gasteiger charge is 2.37. The molecule has 1 heterocycles. The number of carboxylic acids is 1.